The number of aryl methyl sites for hydroxylation is 1. The first-order chi connectivity index (χ1) is 18.3. The van der Waals surface area contributed by atoms with Crippen molar-refractivity contribution in [1.82, 2.24) is 14.5 Å². The van der Waals surface area contributed by atoms with E-state index in [-0.39, 0.29) is 16.8 Å². The fraction of sp³-hybridized carbons (Fsp3) is 0.233. The lowest BCUT2D eigenvalue weighted by Crippen LogP contribution is -2.51. The van der Waals surface area contributed by atoms with Gasteiger partial charge in [0.2, 0.25) is 10.0 Å². The maximum absolute atomic E-state index is 13.5. The largest absolute Gasteiger partial charge is 0.336 e. The molecule has 0 aromatic heterocycles. The van der Waals surface area contributed by atoms with Gasteiger partial charge in [-0.05, 0) is 65.2 Å². The average Bonchev–Trinajstić information content (AvgIpc) is 3.23. The number of benzene rings is 4. The van der Waals surface area contributed by atoms with Crippen molar-refractivity contribution in [2.24, 2.45) is 0 Å². The quantitative estimate of drug-likeness (QED) is 0.368. The third kappa shape index (κ3) is 4.50. The van der Waals surface area contributed by atoms with Crippen LogP contribution in [0.5, 0.6) is 0 Å². The summed E-state index contributed by atoms with van der Waals surface area (Å²) >= 11 is 6.00. The molecule has 194 valence electrons. The predicted octanol–water partition coefficient (Wildman–Crippen LogP) is 5.33. The van der Waals surface area contributed by atoms with E-state index >= 15 is 0 Å². The lowest BCUT2D eigenvalue weighted by atomic mass is 10.0. The second-order valence-corrected chi connectivity index (χ2v) is 12.1. The van der Waals surface area contributed by atoms with Gasteiger partial charge in [0.1, 0.15) is 0 Å². The Labute approximate surface area is 227 Å². The van der Waals surface area contributed by atoms with E-state index in [2.05, 4.69) is 27.8 Å². The Bertz CT molecular complexity index is 1610. The zero-order valence-electron chi connectivity index (χ0n) is 21.0. The Morgan fingerprint density at radius 3 is 2.13 bits per heavy atom. The summed E-state index contributed by atoms with van der Waals surface area (Å²) in [4.78, 5) is 17.5. The minimum Gasteiger partial charge on any atom is -0.336 e. The van der Waals surface area contributed by atoms with Crippen LogP contribution in [0.4, 0.5) is 0 Å². The molecule has 0 radical (unpaired) electrons. The Balaban J connectivity index is 1.30. The van der Waals surface area contributed by atoms with Crippen molar-refractivity contribution in [3.8, 4) is 0 Å². The van der Waals surface area contributed by atoms with Crippen LogP contribution < -0.4 is 4.72 Å². The first-order valence-electron chi connectivity index (χ1n) is 12.7. The highest BCUT2D eigenvalue weighted by Crippen LogP contribution is 2.47. The summed E-state index contributed by atoms with van der Waals surface area (Å²) in [6.45, 7) is 4.45. The third-order valence-electron chi connectivity index (χ3n) is 7.64. The van der Waals surface area contributed by atoms with Crippen molar-refractivity contribution in [2.75, 3.05) is 26.2 Å². The fourth-order valence-electron chi connectivity index (χ4n) is 5.72. The van der Waals surface area contributed by atoms with E-state index in [0.29, 0.717) is 36.8 Å². The van der Waals surface area contributed by atoms with Gasteiger partial charge in [0, 0.05) is 36.8 Å². The number of hydrogen-bond acceptors (Lipinski definition) is 4. The van der Waals surface area contributed by atoms with E-state index in [1.54, 1.807) is 12.1 Å². The molecule has 2 aliphatic rings. The highest BCUT2D eigenvalue weighted by atomic mass is 35.5. The molecule has 4 aromatic rings. The molecule has 1 saturated heterocycles. The van der Waals surface area contributed by atoms with Crippen LogP contribution in [0.25, 0.3) is 10.8 Å². The zero-order valence-corrected chi connectivity index (χ0v) is 22.5. The SMILES string of the molecule is Cc1ccc(C(=O)N2CCN([C@@H]3c4cccc5cccc(c45)[C@@H]3NS(=O)(=O)c3ccc(Cl)cc3)CC2)cc1. The summed E-state index contributed by atoms with van der Waals surface area (Å²) in [5, 5.41) is 2.67. The number of amides is 1. The summed E-state index contributed by atoms with van der Waals surface area (Å²) < 4.78 is 30.0. The van der Waals surface area contributed by atoms with Crippen LogP contribution in [0, 0.1) is 6.92 Å². The standard InChI is InChI=1S/C30H28ClN3O3S/c1-20-8-10-22(11-9-20)30(35)34-18-16-33(17-19-34)29-26-7-3-5-21-4-2-6-25(27(21)26)28(29)32-38(36,37)24-14-12-23(31)13-15-24/h2-15,28-29,32H,16-19H2,1H3/t28-,29+/m0/s1. The molecule has 1 amide bonds. The normalized spacial score (nSPS) is 19.7. The van der Waals surface area contributed by atoms with Crippen molar-refractivity contribution >= 4 is 38.3 Å². The molecule has 1 aliphatic carbocycles. The molecular formula is C30H28ClN3O3S. The molecule has 8 heteroatoms. The van der Waals surface area contributed by atoms with Crippen LogP contribution in [0.3, 0.4) is 0 Å². The second kappa shape index (κ2) is 9.82. The Morgan fingerprint density at radius 2 is 1.47 bits per heavy atom. The van der Waals surface area contributed by atoms with Crippen LogP contribution in [0.15, 0.2) is 89.8 Å². The van der Waals surface area contributed by atoms with Crippen LogP contribution in [-0.4, -0.2) is 50.3 Å². The average molecular weight is 546 g/mol. The number of nitrogens with one attached hydrogen (secondary N) is 1. The van der Waals surface area contributed by atoms with Crippen molar-refractivity contribution < 1.29 is 13.2 Å². The topological polar surface area (TPSA) is 69.7 Å². The molecule has 1 fully saturated rings. The van der Waals surface area contributed by atoms with Crippen molar-refractivity contribution in [3.05, 3.63) is 112 Å². The number of halogens is 1. The van der Waals surface area contributed by atoms with Gasteiger partial charge in [-0.3, -0.25) is 9.69 Å². The van der Waals surface area contributed by atoms with Gasteiger partial charge >= 0.3 is 0 Å². The molecule has 1 N–H and O–H groups in total. The molecule has 4 aromatic carbocycles. The summed E-state index contributed by atoms with van der Waals surface area (Å²) in [5.74, 6) is 0.0291. The van der Waals surface area contributed by atoms with Gasteiger partial charge in [-0.2, -0.15) is 0 Å². The first kappa shape index (κ1) is 25.1. The minimum atomic E-state index is -3.81. The van der Waals surface area contributed by atoms with E-state index in [1.807, 2.05) is 54.3 Å². The highest BCUT2D eigenvalue weighted by Gasteiger charge is 2.41. The van der Waals surface area contributed by atoms with Crippen molar-refractivity contribution in [3.63, 3.8) is 0 Å². The maximum atomic E-state index is 13.5. The molecule has 1 aliphatic heterocycles. The summed E-state index contributed by atoms with van der Waals surface area (Å²) in [7, 11) is -3.81. The number of nitrogens with zero attached hydrogens (tertiary/aromatic N) is 2. The number of sulfonamides is 1. The fourth-order valence-corrected chi connectivity index (χ4v) is 7.07. The molecule has 0 spiro atoms. The predicted molar refractivity (Wildman–Crippen MR) is 150 cm³/mol. The van der Waals surface area contributed by atoms with Crippen LogP contribution in [0.2, 0.25) is 5.02 Å². The van der Waals surface area contributed by atoms with Crippen molar-refractivity contribution in [2.45, 2.75) is 23.9 Å². The van der Waals surface area contributed by atoms with Crippen LogP contribution >= 0.6 is 11.6 Å². The molecular weight excluding hydrogens is 518 g/mol. The number of hydrogen-bond donors (Lipinski definition) is 1. The Morgan fingerprint density at radius 1 is 0.842 bits per heavy atom. The minimum absolute atomic E-state index is 0.0291. The zero-order chi connectivity index (χ0) is 26.4. The Kier molecular flexibility index (Phi) is 6.48. The van der Waals surface area contributed by atoms with Gasteiger partial charge in [0.05, 0.1) is 17.0 Å². The number of rotatable bonds is 5. The van der Waals surface area contributed by atoms with Gasteiger partial charge in [0.25, 0.3) is 5.91 Å². The lowest BCUT2D eigenvalue weighted by molar-refractivity contribution is 0.0539. The third-order valence-corrected chi connectivity index (χ3v) is 9.35. The van der Waals surface area contributed by atoms with Gasteiger partial charge in [0.15, 0.2) is 0 Å². The summed E-state index contributed by atoms with van der Waals surface area (Å²) in [5.41, 5.74) is 3.89. The number of piperazine rings is 1. The van der Waals surface area contributed by atoms with E-state index in [0.717, 1.165) is 27.5 Å². The second-order valence-electron chi connectivity index (χ2n) is 9.98. The van der Waals surface area contributed by atoms with Gasteiger partial charge in [-0.1, -0.05) is 65.7 Å². The smallest absolute Gasteiger partial charge is 0.253 e. The monoisotopic (exact) mass is 545 g/mol. The number of carbonyl (C=O) groups is 1. The van der Waals surface area contributed by atoms with E-state index < -0.39 is 16.1 Å². The molecule has 0 saturated carbocycles. The van der Waals surface area contributed by atoms with E-state index in [1.165, 1.54) is 12.1 Å². The van der Waals surface area contributed by atoms with Crippen LogP contribution in [-0.2, 0) is 10.0 Å². The van der Waals surface area contributed by atoms with Gasteiger partial charge in [-0.15, -0.1) is 0 Å². The van der Waals surface area contributed by atoms with Crippen LogP contribution in [0.1, 0.15) is 39.1 Å². The molecule has 38 heavy (non-hydrogen) atoms. The summed E-state index contributed by atoms with van der Waals surface area (Å²) in [6.07, 6.45) is 0. The molecule has 0 bridgehead atoms. The van der Waals surface area contributed by atoms with Crippen molar-refractivity contribution in [1.29, 1.82) is 0 Å². The lowest BCUT2D eigenvalue weighted by Gasteiger charge is -2.40. The summed E-state index contributed by atoms with van der Waals surface area (Å²) in [6, 6.07) is 25.5. The number of carbonyl (C=O) groups excluding carboxylic acids is 1. The Hall–Kier alpha value is -3.23. The van der Waals surface area contributed by atoms with E-state index in [4.69, 9.17) is 11.6 Å². The van der Waals surface area contributed by atoms with Gasteiger partial charge in [-0.25, -0.2) is 13.1 Å². The van der Waals surface area contributed by atoms with Gasteiger partial charge < -0.3 is 4.90 Å². The van der Waals surface area contributed by atoms with E-state index in [9.17, 15) is 13.2 Å². The molecule has 0 unspecified atom stereocenters. The molecule has 6 nitrogen and oxygen atoms in total. The first-order valence-corrected chi connectivity index (χ1v) is 14.6. The molecule has 1 heterocycles. The molecule has 6 rings (SSSR count). The maximum Gasteiger partial charge on any atom is 0.253 e. The highest BCUT2D eigenvalue weighted by molar-refractivity contribution is 7.89. The molecule has 2 atom stereocenters.